The van der Waals surface area contributed by atoms with Gasteiger partial charge >= 0.3 is 0 Å². The topological polar surface area (TPSA) is 65.5 Å². The third kappa shape index (κ3) is 2.46. The highest BCUT2D eigenvalue weighted by Crippen LogP contribution is 2.34. The van der Waals surface area contributed by atoms with E-state index in [9.17, 15) is 18.4 Å². The Morgan fingerprint density at radius 2 is 2.22 bits per heavy atom. The Balaban J connectivity index is 1.55. The maximum atomic E-state index is 13.5. The minimum atomic E-state index is -2.67. The minimum Gasteiger partial charge on any atom is -0.336 e. The largest absolute Gasteiger partial charge is 0.336 e. The van der Waals surface area contributed by atoms with E-state index in [2.05, 4.69) is 10.3 Å². The molecule has 1 aromatic heterocycles. The number of nitrogens with zero attached hydrogens (tertiary/aromatic N) is 3. The van der Waals surface area contributed by atoms with Crippen LogP contribution in [-0.4, -0.2) is 64.7 Å². The highest BCUT2D eigenvalue weighted by Gasteiger charge is 2.47. The van der Waals surface area contributed by atoms with Crippen LogP contribution in [0.2, 0.25) is 0 Å². The van der Waals surface area contributed by atoms with E-state index in [-0.39, 0.29) is 37.2 Å². The van der Waals surface area contributed by atoms with E-state index in [4.69, 9.17) is 0 Å². The number of nitrogens with one attached hydrogen (secondary N) is 1. The first-order valence-electron chi connectivity index (χ1n) is 7.62. The lowest BCUT2D eigenvalue weighted by atomic mass is 10.1. The number of amides is 2. The second kappa shape index (κ2) is 4.95. The highest BCUT2D eigenvalue weighted by molar-refractivity contribution is 6.04. The lowest BCUT2D eigenvalue weighted by molar-refractivity contribution is -0.115. The van der Waals surface area contributed by atoms with Crippen LogP contribution in [0.25, 0.3) is 0 Å². The molecule has 4 heterocycles. The summed E-state index contributed by atoms with van der Waals surface area (Å²) in [5.74, 6) is -2.65. The van der Waals surface area contributed by atoms with Crippen LogP contribution >= 0.6 is 0 Å². The van der Waals surface area contributed by atoms with Gasteiger partial charge in [-0.1, -0.05) is 0 Å². The van der Waals surface area contributed by atoms with Gasteiger partial charge in [0.15, 0.2) is 0 Å². The summed E-state index contributed by atoms with van der Waals surface area (Å²) in [6, 6.07) is 1.30. The molecular formula is C15H16F2N4O2. The quantitative estimate of drug-likeness (QED) is 0.828. The molecule has 23 heavy (non-hydrogen) atoms. The van der Waals surface area contributed by atoms with E-state index in [0.29, 0.717) is 36.6 Å². The fraction of sp³-hybridized carbons (Fsp3) is 0.533. The Hall–Kier alpha value is -2.09. The standard InChI is InChI=1S/C15H16F2N4O2/c16-15(17)6-9-7-20(3-4-21(9)8-15)14(23)10-1-2-18-13-11(10)5-12(22)19-13/h1-2,9H,3-8H2,(H,18,19,22)/t9-/m0/s1. The van der Waals surface area contributed by atoms with Gasteiger partial charge in [-0.25, -0.2) is 13.8 Å². The number of alkyl halides is 2. The summed E-state index contributed by atoms with van der Waals surface area (Å²) in [4.78, 5) is 31.7. The van der Waals surface area contributed by atoms with Crippen LogP contribution in [0, 0.1) is 0 Å². The second-order valence-corrected chi connectivity index (χ2v) is 6.35. The molecule has 1 atom stereocenters. The average molecular weight is 322 g/mol. The van der Waals surface area contributed by atoms with E-state index >= 15 is 0 Å². The number of piperazine rings is 1. The molecule has 0 radical (unpaired) electrons. The molecule has 0 saturated carbocycles. The predicted molar refractivity (Wildman–Crippen MR) is 77.4 cm³/mol. The van der Waals surface area contributed by atoms with E-state index in [0.717, 1.165) is 0 Å². The van der Waals surface area contributed by atoms with Gasteiger partial charge in [0.2, 0.25) is 5.91 Å². The summed E-state index contributed by atoms with van der Waals surface area (Å²) in [6.07, 6.45) is 1.41. The summed E-state index contributed by atoms with van der Waals surface area (Å²) in [7, 11) is 0. The molecule has 0 unspecified atom stereocenters. The molecule has 0 spiro atoms. The van der Waals surface area contributed by atoms with Crippen molar-refractivity contribution in [3.63, 3.8) is 0 Å². The first kappa shape index (κ1) is 14.5. The van der Waals surface area contributed by atoms with Crippen LogP contribution in [0.5, 0.6) is 0 Å². The third-order valence-corrected chi connectivity index (χ3v) is 4.74. The molecule has 3 aliphatic rings. The van der Waals surface area contributed by atoms with Crippen molar-refractivity contribution in [3.05, 3.63) is 23.4 Å². The lowest BCUT2D eigenvalue weighted by Gasteiger charge is -2.37. The van der Waals surface area contributed by atoms with E-state index < -0.39 is 5.92 Å². The molecule has 1 N–H and O–H groups in total. The van der Waals surface area contributed by atoms with Crippen molar-refractivity contribution in [2.45, 2.75) is 24.8 Å². The molecule has 122 valence electrons. The number of halogens is 2. The number of rotatable bonds is 1. The number of hydrogen-bond acceptors (Lipinski definition) is 4. The molecule has 0 bridgehead atoms. The van der Waals surface area contributed by atoms with Crippen LogP contribution in [0.1, 0.15) is 22.3 Å². The third-order valence-electron chi connectivity index (χ3n) is 4.74. The summed E-state index contributed by atoms with van der Waals surface area (Å²) < 4.78 is 27.0. The molecule has 2 amide bonds. The number of fused-ring (bicyclic) bond motifs is 2. The SMILES string of the molecule is O=C1Cc2c(C(=O)N3CCN4CC(F)(F)C[C@H]4C3)ccnc2N1. The van der Waals surface area contributed by atoms with Gasteiger partial charge in [0.25, 0.3) is 11.8 Å². The molecule has 4 rings (SSSR count). The number of carbonyl (C=O) groups excluding carboxylic acids is 2. The van der Waals surface area contributed by atoms with Gasteiger partial charge in [0, 0.05) is 49.4 Å². The summed E-state index contributed by atoms with van der Waals surface area (Å²) in [5.41, 5.74) is 1.04. The fourth-order valence-electron chi connectivity index (χ4n) is 3.67. The predicted octanol–water partition coefficient (Wildman–Crippen LogP) is 0.742. The van der Waals surface area contributed by atoms with Gasteiger partial charge in [-0.15, -0.1) is 0 Å². The fourth-order valence-corrected chi connectivity index (χ4v) is 3.67. The molecular weight excluding hydrogens is 306 g/mol. The first-order chi connectivity index (χ1) is 10.9. The van der Waals surface area contributed by atoms with Gasteiger partial charge in [-0.2, -0.15) is 0 Å². The second-order valence-electron chi connectivity index (χ2n) is 6.35. The monoisotopic (exact) mass is 322 g/mol. The van der Waals surface area contributed by atoms with Crippen LogP contribution in [0.3, 0.4) is 0 Å². The minimum absolute atomic E-state index is 0.131. The van der Waals surface area contributed by atoms with Crippen molar-refractivity contribution in [2.24, 2.45) is 0 Å². The molecule has 0 aliphatic carbocycles. The maximum absolute atomic E-state index is 13.5. The van der Waals surface area contributed by atoms with E-state index in [1.165, 1.54) is 6.20 Å². The maximum Gasteiger partial charge on any atom is 0.262 e. The Bertz CT molecular complexity index is 694. The lowest BCUT2D eigenvalue weighted by Crippen LogP contribution is -2.52. The van der Waals surface area contributed by atoms with Gasteiger partial charge in [-0.3, -0.25) is 14.5 Å². The summed E-state index contributed by atoms with van der Waals surface area (Å²) in [5, 5.41) is 2.62. The number of carbonyl (C=O) groups is 2. The van der Waals surface area contributed by atoms with Crippen LogP contribution in [-0.2, 0) is 11.2 Å². The van der Waals surface area contributed by atoms with E-state index in [1.807, 2.05) is 0 Å². The smallest absolute Gasteiger partial charge is 0.262 e. The van der Waals surface area contributed by atoms with Crippen LogP contribution in [0.4, 0.5) is 14.6 Å². The molecule has 6 nitrogen and oxygen atoms in total. The van der Waals surface area contributed by atoms with Crippen molar-refractivity contribution in [3.8, 4) is 0 Å². The van der Waals surface area contributed by atoms with Gasteiger partial charge in [-0.05, 0) is 6.07 Å². The highest BCUT2D eigenvalue weighted by atomic mass is 19.3. The van der Waals surface area contributed by atoms with Crippen LogP contribution in [0.15, 0.2) is 12.3 Å². The van der Waals surface area contributed by atoms with Gasteiger partial charge in [0.05, 0.1) is 13.0 Å². The van der Waals surface area contributed by atoms with E-state index in [1.54, 1.807) is 15.9 Å². The molecule has 8 heteroatoms. The van der Waals surface area contributed by atoms with Crippen molar-refractivity contribution in [1.82, 2.24) is 14.8 Å². The molecule has 0 aromatic carbocycles. The summed E-state index contributed by atoms with van der Waals surface area (Å²) >= 11 is 0. The normalized spacial score (nSPS) is 25.9. The Kier molecular flexibility index (Phi) is 3.12. The molecule has 2 saturated heterocycles. The van der Waals surface area contributed by atoms with Crippen molar-refractivity contribution < 1.29 is 18.4 Å². The number of pyridine rings is 1. The molecule has 2 fully saturated rings. The summed E-state index contributed by atoms with van der Waals surface area (Å²) in [6.45, 7) is 0.954. The Morgan fingerprint density at radius 3 is 3.04 bits per heavy atom. The van der Waals surface area contributed by atoms with Crippen molar-refractivity contribution in [1.29, 1.82) is 0 Å². The molecule has 1 aromatic rings. The Labute approximate surface area is 131 Å². The first-order valence-corrected chi connectivity index (χ1v) is 7.62. The Morgan fingerprint density at radius 1 is 1.39 bits per heavy atom. The van der Waals surface area contributed by atoms with Crippen molar-refractivity contribution in [2.75, 3.05) is 31.5 Å². The zero-order chi connectivity index (χ0) is 16.2. The van der Waals surface area contributed by atoms with Crippen molar-refractivity contribution >= 4 is 17.6 Å². The average Bonchev–Trinajstić information content (AvgIpc) is 3.01. The number of anilines is 1. The number of aromatic nitrogens is 1. The van der Waals surface area contributed by atoms with Gasteiger partial charge < -0.3 is 10.2 Å². The number of hydrogen-bond donors (Lipinski definition) is 1. The molecule has 3 aliphatic heterocycles. The van der Waals surface area contributed by atoms with Crippen LogP contribution < -0.4 is 5.32 Å². The zero-order valence-corrected chi connectivity index (χ0v) is 12.4. The van der Waals surface area contributed by atoms with Gasteiger partial charge in [0.1, 0.15) is 5.82 Å². The zero-order valence-electron chi connectivity index (χ0n) is 12.4.